The Labute approximate surface area is 175 Å². The average Bonchev–Trinajstić information content (AvgIpc) is 2.92. The number of amides is 2. The van der Waals surface area contributed by atoms with Crippen LogP contribution in [0.1, 0.15) is 78.1 Å². The lowest BCUT2D eigenvalue weighted by molar-refractivity contribution is -0.126. The Morgan fingerprint density at radius 3 is 1.48 bits per heavy atom. The van der Waals surface area contributed by atoms with Gasteiger partial charge in [-0.2, -0.15) is 0 Å². The molecule has 29 heavy (non-hydrogen) atoms. The third-order valence-corrected chi connectivity index (χ3v) is 9.29. The summed E-state index contributed by atoms with van der Waals surface area (Å²) >= 11 is 0. The summed E-state index contributed by atoms with van der Waals surface area (Å²) in [7, 11) is -3.18. The van der Waals surface area contributed by atoms with Crippen molar-refractivity contribution in [2.24, 2.45) is 23.7 Å². The number of rotatable bonds is 6. The fourth-order valence-corrected chi connectivity index (χ4v) is 7.73. The molecule has 0 radical (unpaired) electrons. The Balaban J connectivity index is 1.54. The monoisotopic (exact) mass is 426 g/mol. The van der Waals surface area contributed by atoms with Gasteiger partial charge in [0.2, 0.25) is 11.8 Å². The van der Waals surface area contributed by atoms with Gasteiger partial charge in [0.25, 0.3) is 0 Å². The number of sulfone groups is 1. The summed E-state index contributed by atoms with van der Waals surface area (Å²) < 4.78 is 24.5. The molecule has 6 atom stereocenters. The van der Waals surface area contributed by atoms with E-state index < -0.39 is 9.84 Å². The van der Waals surface area contributed by atoms with Gasteiger partial charge in [0.1, 0.15) is 0 Å². The van der Waals surface area contributed by atoms with E-state index in [-0.39, 0.29) is 60.1 Å². The standard InChI is InChI=1S/C22H38N2O4S/c1-15-7-3-5-9-19(15)23-21(25)11-17-13-29(27,28)14-18(17)12-22(26)24-20-10-6-4-8-16(20)2/h15-20H,3-14H2,1-2H3,(H,23,25)(H,24,26)/t15-,16+,17-,18+,19-,20-/m1/s1. The van der Waals surface area contributed by atoms with Crippen molar-refractivity contribution in [2.75, 3.05) is 11.5 Å². The van der Waals surface area contributed by atoms with E-state index in [0.717, 1.165) is 38.5 Å². The van der Waals surface area contributed by atoms with Crippen LogP contribution in [-0.4, -0.2) is 43.8 Å². The summed E-state index contributed by atoms with van der Waals surface area (Å²) in [5.41, 5.74) is 0. The zero-order valence-electron chi connectivity index (χ0n) is 18.0. The second-order valence-electron chi connectivity index (χ2n) is 9.88. The zero-order valence-corrected chi connectivity index (χ0v) is 18.8. The van der Waals surface area contributed by atoms with Crippen molar-refractivity contribution in [3.63, 3.8) is 0 Å². The molecule has 3 aliphatic rings. The first-order valence-corrected chi connectivity index (χ1v) is 13.3. The summed E-state index contributed by atoms with van der Waals surface area (Å²) in [4.78, 5) is 25.2. The van der Waals surface area contributed by atoms with Crippen LogP contribution in [0.15, 0.2) is 0 Å². The first-order chi connectivity index (χ1) is 13.7. The van der Waals surface area contributed by atoms with Crippen molar-refractivity contribution in [3.05, 3.63) is 0 Å². The molecule has 1 heterocycles. The SMILES string of the molecule is C[C@@H]1CCCC[C@H]1NC(=O)C[C@@H]1CS(=O)(=O)C[C@@H]1CC(=O)N[C@@H]1CCCC[C@@H]1C. The van der Waals surface area contributed by atoms with Crippen molar-refractivity contribution in [1.82, 2.24) is 10.6 Å². The van der Waals surface area contributed by atoms with Gasteiger partial charge in [-0.1, -0.05) is 39.5 Å². The van der Waals surface area contributed by atoms with Crippen LogP contribution < -0.4 is 10.6 Å². The molecular weight excluding hydrogens is 388 g/mol. The fourth-order valence-electron chi connectivity index (χ4n) is 5.51. The van der Waals surface area contributed by atoms with Crippen LogP contribution in [0.2, 0.25) is 0 Å². The Bertz CT molecular complexity index is 641. The number of carbonyl (C=O) groups is 2. The molecule has 0 aromatic heterocycles. The molecule has 2 aliphatic carbocycles. The van der Waals surface area contributed by atoms with Crippen LogP contribution >= 0.6 is 0 Å². The van der Waals surface area contributed by atoms with Gasteiger partial charge in [0, 0.05) is 24.9 Å². The highest BCUT2D eigenvalue weighted by Gasteiger charge is 2.40. The van der Waals surface area contributed by atoms with Gasteiger partial charge in [-0.15, -0.1) is 0 Å². The number of hydrogen-bond donors (Lipinski definition) is 2. The van der Waals surface area contributed by atoms with Gasteiger partial charge in [-0.25, -0.2) is 8.42 Å². The minimum atomic E-state index is -3.18. The predicted molar refractivity (Wildman–Crippen MR) is 114 cm³/mol. The molecule has 0 aromatic rings. The second kappa shape index (κ2) is 9.80. The van der Waals surface area contributed by atoms with Crippen LogP contribution in [0.3, 0.4) is 0 Å². The van der Waals surface area contributed by atoms with Crippen LogP contribution in [0.4, 0.5) is 0 Å². The van der Waals surface area contributed by atoms with Crippen molar-refractivity contribution in [3.8, 4) is 0 Å². The van der Waals surface area contributed by atoms with Crippen LogP contribution in [0.25, 0.3) is 0 Å². The summed E-state index contributed by atoms with van der Waals surface area (Å²) in [6.07, 6.45) is 9.38. The molecule has 1 saturated heterocycles. The van der Waals surface area contributed by atoms with Gasteiger partial charge in [-0.3, -0.25) is 9.59 Å². The summed E-state index contributed by atoms with van der Waals surface area (Å²) in [5, 5.41) is 6.27. The van der Waals surface area contributed by atoms with Crippen molar-refractivity contribution in [1.29, 1.82) is 0 Å². The Kier molecular flexibility index (Phi) is 7.63. The first kappa shape index (κ1) is 22.6. The van der Waals surface area contributed by atoms with E-state index in [1.165, 1.54) is 12.8 Å². The summed E-state index contributed by atoms with van der Waals surface area (Å²) in [6, 6.07) is 0.396. The third kappa shape index (κ3) is 6.43. The summed E-state index contributed by atoms with van der Waals surface area (Å²) in [5.74, 6) is 0.367. The molecule has 6 nitrogen and oxygen atoms in total. The maximum atomic E-state index is 12.6. The largest absolute Gasteiger partial charge is 0.353 e. The Morgan fingerprint density at radius 2 is 1.10 bits per heavy atom. The molecule has 2 saturated carbocycles. The number of carbonyl (C=O) groups excluding carboxylic acids is 2. The molecule has 3 fully saturated rings. The first-order valence-electron chi connectivity index (χ1n) is 11.5. The molecule has 3 rings (SSSR count). The van der Waals surface area contributed by atoms with E-state index in [0.29, 0.717) is 11.8 Å². The van der Waals surface area contributed by atoms with E-state index in [4.69, 9.17) is 0 Å². The summed E-state index contributed by atoms with van der Waals surface area (Å²) in [6.45, 7) is 4.34. The maximum Gasteiger partial charge on any atom is 0.220 e. The molecule has 2 amide bonds. The van der Waals surface area contributed by atoms with Gasteiger partial charge >= 0.3 is 0 Å². The molecular formula is C22H38N2O4S. The fraction of sp³-hybridized carbons (Fsp3) is 0.909. The van der Waals surface area contributed by atoms with Gasteiger partial charge in [0.15, 0.2) is 9.84 Å². The highest BCUT2D eigenvalue weighted by molar-refractivity contribution is 7.91. The highest BCUT2D eigenvalue weighted by atomic mass is 32.2. The molecule has 2 N–H and O–H groups in total. The van der Waals surface area contributed by atoms with Crippen LogP contribution in [0, 0.1) is 23.7 Å². The molecule has 166 valence electrons. The molecule has 0 spiro atoms. The molecule has 0 bridgehead atoms. The third-order valence-electron chi connectivity index (χ3n) is 7.41. The normalized spacial score (nSPS) is 37.0. The van der Waals surface area contributed by atoms with E-state index in [2.05, 4.69) is 24.5 Å². The second-order valence-corrected chi connectivity index (χ2v) is 12.0. The minimum absolute atomic E-state index is 0.0262. The van der Waals surface area contributed by atoms with Crippen molar-refractivity contribution < 1.29 is 18.0 Å². The predicted octanol–water partition coefficient (Wildman–Crippen LogP) is 2.82. The van der Waals surface area contributed by atoms with E-state index in [1.54, 1.807) is 0 Å². The quantitative estimate of drug-likeness (QED) is 0.683. The van der Waals surface area contributed by atoms with Crippen LogP contribution in [-0.2, 0) is 19.4 Å². The van der Waals surface area contributed by atoms with E-state index >= 15 is 0 Å². The molecule has 1 aliphatic heterocycles. The average molecular weight is 427 g/mol. The lowest BCUT2D eigenvalue weighted by Gasteiger charge is -2.31. The van der Waals surface area contributed by atoms with Gasteiger partial charge in [0.05, 0.1) is 11.5 Å². The Morgan fingerprint density at radius 1 is 0.724 bits per heavy atom. The zero-order chi connectivity index (χ0) is 21.0. The molecule has 0 aromatic carbocycles. The van der Waals surface area contributed by atoms with Gasteiger partial charge < -0.3 is 10.6 Å². The minimum Gasteiger partial charge on any atom is -0.353 e. The van der Waals surface area contributed by atoms with Crippen LogP contribution in [0.5, 0.6) is 0 Å². The van der Waals surface area contributed by atoms with Crippen molar-refractivity contribution >= 4 is 21.7 Å². The maximum absolute atomic E-state index is 12.6. The smallest absolute Gasteiger partial charge is 0.220 e. The number of nitrogens with one attached hydrogen (secondary N) is 2. The van der Waals surface area contributed by atoms with E-state index in [9.17, 15) is 18.0 Å². The molecule has 0 unspecified atom stereocenters. The Hall–Kier alpha value is -1.11. The lowest BCUT2D eigenvalue weighted by Crippen LogP contribution is -2.43. The highest BCUT2D eigenvalue weighted by Crippen LogP contribution is 2.32. The molecule has 7 heteroatoms. The van der Waals surface area contributed by atoms with E-state index in [1.807, 2.05) is 0 Å². The van der Waals surface area contributed by atoms with Crippen molar-refractivity contribution in [2.45, 2.75) is 90.1 Å². The lowest BCUT2D eigenvalue weighted by atomic mass is 9.84. The topological polar surface area (TPSA) is 92.3 Å². The van der Waals surface area contributed by atoms with Gasteiger partial charge in [-0.05, 0) is 49.4 Å². The number of hydrogen-bond acceptors (Lipinski definition) is 4.